The van der Waals surface area contributed by atoms with E-state index in [4.69, 9.17) is 10.9 Å². The van der Waals surface area contributed by atoms with Gasteiger partial charge in [0.05, 0.1) is 0 Å². The molecule has 102 valence electrons. The van der Waals surface area contributed by atoms with Crippen molar-refractivity contribution in [1.82, 2.24) is 19.7 Å². The van der Waals surface area contributed by atoms with Gasteiger partial charge in [-0.15, -0.1) is 5.10 Å². The Labute approximate surface area is 112 Å². The van der Waals surface area contributed by atoms with Gasteiger partial charge in [0.15, 0.2) is 4.60 Å². The van der Waals surface area contributed by atoms with Gasteiger partial charge in [-0.2, -0.15) is 0 Å². The molecule has 0 saturated carbocycles. The van der Waals surface area contributed by atoms with Crippen molar-refractivity contribution in [2.45, 2.75) is 11.9 Å². The Morgan fingerprint density at radius 3 is 2.78 bits per heavy atom. The van der Waals surface area contributed by atoms with E-state index >= 15 is 0 Å². The van der Waals surface area contributed by atoms with Crippen LogP contribution in [-0.2, 0) is 17.1 Å². The Morgan fingerprint density at radius 2 is 2.33 bits per heavy atom. The number of nitrogens with zero attached hydrogens (tertiary/aromatic N) is 4. The first-order valence-electron chi connectivity index (χ1n) is 4.82. The molecule has 0 spiro atoms. The van der Waals surface area contributed by atoms with Crippen LogP contribution < -0.4 is 10.5 Å². The van der Waals surface area contributed by atoms with E-state index in [2.05, 4.69) is 36.1 Å². The van der Waals surface area contributed by atoms with Gasteiger partial charge in [0, 0.05) is 19.5 Å². The molecular weight excluding hydrogens is 328 g/mol. The Morgan fingerprint density at radius 1 is 1.72 bits per heavy atom. The van der Waals surface area contributed by atoms with Crippen LogP contribution in [0, 0.1) is 5.92 Å². The molecule has 0 saturated heterocycles. The van der Waals surface area contributed by atoms with Crippen LogP contribution in [-0.4, -0.2) is 41.0 Å². The summed E-state index contributed by atoms with van der Waals surface area (Å²) in [5.41, 5.74) is 5.35. The number of aryl methyl sites for hydroxylation is 1. The zero-order chi connectivity index (χ0) is 13.9. The van der Waals surface area contributed by atoms with Crippen LogP contribution in [0.2, 0.25) is 0 Å². The summed E-state index contributed by atoms with van der Waals surface area (Å²) in [7, 11) is -2.31. The van der Waals surface area contributed by atoms with Gasteiger partial charge in [-0.3, -0.25) is 0 Å². The molecule has 1 aromatic heterocycles. The van der Waals surface area contributed by atoms with Gasteiger partial charge in [0.2, 0.25) is 5.03 Å². The van der Waals surface area contributed by atoms with Crippen LogP contribution in [0.3, 0.4) is 0 Å². The number of hydrogen-bond donors (Lipinski definition) is 3. The van der Waals surface area contributed by atoms with Gasteiger partial charge in [-0.25, -0.2) is 17.8 Å². The molecule has 18 heavy (non-hydrogen) atoms. The maximum Gasteiger partial charge on any atom is 0.260 e. The van der Waals surface area contributed by atoms with Crippen molar-refractivity contribution in [1.29, 1.82) is 0 Å². The maximum atomic E-state index is 12.0. The number of rotatable bonds is 5. The molecule has 9 nitrogen and oxygen atoms in total. The Bertz CT molecular complexity index is 534. The summed E-state index contributed by atoms with van der Waals surface area (Å²) in [6.07, 6.45) is 0. The van der Waals surface area contributed by atoms with E-state index in [1.165, 1.54) is 7.05 Å². The fourth-order valence-electron chi connectivity index (χ4n) is 1.11. The van der Waals surface area contributed by atoms with E-state index in [1.807, 2.05) is 0 Å². The van der Waals surface area contributed by atoms with E-state index in [0.29, 0.717) is 0 Å². The molecule has 0 radical (unpaired) electrons. The molecule has 0 fully saturated rings. The first-order chi connectivity index (χ1) is 8.29. The summed E-state index contributed by atoms with van der Waals surface area (Å²) in [6.45, 7) is 1.62. The highest BCUT2D eigenvalue weighted by atomic mass is 79.9. The van der Waals surface area contributed by atoms with Crippen molar-refractivity contribution in [2.75, 3.05) is 6.54 Å². The third kappa shape index (κ3) is 3.17. The molecule has 1 aromatic rings. The largest absolute Gasteiger partial charge is 0.409 e. The number of hydrogen-bond acceptors (Lipinski definition) is 6. The first-order valence-corrected chi connectivity index (χ1v) is 7.09. The molecule has 1 unspecified atom stereocenters. The zero-order valence-electron chi connectivity index (χ0n) is 9.70. The molecule has 1 heterocycles. The monoisotopic (exact) mass is 340 g/mol. The zero-order valence-corrected chi connectivity index (χ0v) is 12.1. The molecule has 4 N–H and O–H groups in total. The highest BCUT2D eigenvalue weighted by Gasteiger charge is 2.24. The number of nitrogens with one attached hydrogen (secondary N) is 1. The number of aromatic nitrogens is 3. The smallest absolute Gasteiger partial charge is 0.260 e. The number of amidine groups is 1. The van der Waals surface area contributed by atoms with Crippen molar-refractivity contribution in [3.8, 4) is 0 Å². The minimum absolute atomic E-state index is 0.00412. The summed E-state index contributed by atoms with van der Waals surface area (Å²) in [4.78, 5) is 0. The molecule has 1 atom stereocenters. The maximum absolute atomic E-state index is 12.0. The van der Waals surface area contributed by atoms with Gasteiger partial charge in [-0.05, 0) is 15.9 Å². The molecule has 0 bridgehead atoms. The van der Waals surface area contributed by atoms with Crippen LogP contribution in [0.1, 0.15) is 6.92 Å². The van der Waals surface area contributed by atoms with Gasteiger partial charge >= 0.3 is 0 Å². The first kappa shape index (κ1) is 14.9. The second kappa shape index (κ2) is 5.63. The van der Waals surface area contributed by atoms with Crippen LogP contribution in [0.15, 0.2) is 14.8 Å². The summed E-state index contributed by atoms with van der Waals surface area (Å²) in [5.74, 6) is -0.496. The van der Waals surface area contributed by atoms with Crippen molar-refractivity contribution in [2.24, 2.45) is 23.9 Å². The topological polar surface area (TPSA) is 135 Å². The highest BCUT2D eigenvalue weighted by molar-refractivity contribution is 9.10. The predicted octanol–water partition coefficient (Wildman–Crippen LogP) is -0.762. The average Bonchev–Trinajstić information content (AvgIpc) is 2.65. The Kier molecular flexibility index (Phi) is 4.65. The number of nitrogens with two attached hydrogens (primary N) is 1. The summed E-state index contributed by atoms with van der Waals surface area (Å²) in [5, 5.41) is 18.3. The van der Waals surface area contributed by atoms with Crippen LogP contribution in [0.25, 0.3) is 0 Å². The van der Waals surface area contributed by atoms with E-state index in [0.717, 1.165) is 4.68 Å². The fraction of sp³-hybridized carbons (Fsp3) is 0.571. The second-order valence-electron chi connectivity index (χ2n) is 3.59. The van der Waals surface area contributed by atoms with Gasteiger partial charge in [0.25, 0.3) is 10.0 Å². The number of oxime groups is 1. The predicted molar refractivity (Wildman–Crippen MR) is 66.5 cm³/mol. The van der Waals surface area contributed by atoms with Crippen molar-refractivity contribution in [3.63, 3.8) is 0 Å². The lowest BCUT2D eigenvalue weighted by Crippen LogP contribution is -2.35. The quantitative estimate of drug-likeness (QED) is 0.279. The van der Waals surface area contributed by atoms with Crippen molar-refractivity contribution in [3.05, 3.63) is 4.60 Å². The lowest BCUT2D eigenvalue weighted by Gasteiger charge is -2.11. The summed E-state index contributed by atoms with van der Waals surface area (Å²) in [6, 6.07) is 0. The summed E-state index contributed by atoms with van der Waals surface area (Å²) >= 11 is 3.00. The average molecular weight is 341 g/mol. The normalized spacial score (nSPS) is 14.7. The SMILES string of the molecule is CC(CNS(=O)(=O)c1c(Br)nnn1C)C(N)=NO. The van der Waals surface area contributed by atoms with Crippen LogP contribution >= 0.6 is 15.9 Å². The minimum atomic E-state index is -3.77. The molecule has 0 aromatic carbocycles. The third-order valence-electron chi connectivity index (χ3n) is 2.19. The second-order valence-corrected chi connectivity index (χ2v) is 6.02. The molecule has 0 aliphatic carbocycles. The summed E-state index contributed by atoms with van der Waals surface area (Å²) < 4.78 is 27.5. The van der Waals surface area contributed by atoms with E-state index in [9.17, 15) is 8.42 Å². The third-order valence-corrected chi connectivity index (χ3v) is 4.50. The molecule has 0 amide bonds. The number of sulfonamides is 1. The fourth-order valence-corrected chi connectivity index (χ4v) is 3.33. The molecule has 11 heteroatoms. The minimum Gasteiger partial charge on any atom is -0.409 e. The molecule has 0 aliphatic heterocycles. The molecule has 1 rings (SSSR count). The van der Waals surface area contributed by atoms with Crippen molar-refractivity contribution >= 4 is 31.8 Å². The van der Waals surface area contributed by atoms with Gasteiger partial charge in [0.1, 0.15) is 5.84 Å². The van der Waals surface area contributed by atoms with E-state index in [-0.39, 0.29) is 22.0 Å². The van der Waals surface area contributed by atoms with Gasteiger partial charge in [-0.1, -0.05) is 17.3 Å². The van der Waals surface area contributed by atoms with E-state index < -0.39 is 15.9 Å². The Balaban J connectivity index is 2.85. The van der Waals surface area contributed by atoms with Gasteiger partial charge < -0.3 is 10.9 Å². The number of halogens is 1. The Hall–Kier alpha value is -1.20. The van der Waals surface area contributed by atoms with Crippen LogP contribution in [0.4, 0.5) is 0 Å². The van der Waals surface area contributed by atoms with Crippen LogP contribution in [0.5, 0.6) is 0 Å². The molecule has 0 aliphatic rings. The van der Waals surface area contributed by atoms with E-state index in [1.54, 1.807) is 6.92 Å². The standard InChI is InChI=1S/C7H13BrN6O3S/c1-4(6(9)12-15)3-10-18(16,17)7-5(8)11-13-14(7)2/h4,10,15H,3H2,1-2H3,(H2,9,12). The highest BCUT2D eigenvalue weighted by Crippen LogP contribution is 2.17. The molecular formula is C7H13BrN6O3S. The van der Waals surface area contributed by atoms with Crippen molar-refractivity contribution < 1.29 is 13.6 Å². The lowest BCUT2D eigenvalue weighted by molar-refractivity contribution is 0.314. The lowest BCUT2D eigenvalue weighted by atomic mass is 10.2.